The van der Waals surface area contributed by atoms with Gasteiger partial charge in [0.05, 0.1) is 10.4 Å². The van der Waals surface area contributed by atoms with Crippen molar-refractivity contribution in [3.8, 4) is 0 Å². The van der Waals surface area contributed by atoms with Crippen LogP contribution < -0.4 is 11.1 Å². The van der Waals surface area contributed by atoms with Crippen molar-refractivity contribution in [2.45, 2.75) is 56.7 Å². The molecule has 0 aromatic heterocycles. The van der Waals surface area contributed by atoms with E-state index in [0.717, 1.165) is 25.7 Å². The van der Waals surface area contributed by atoms with Crippen LogP contribution in [0.15, 0.2) is 0 Å². The van der Waals surface area contributed by atoms with E-state index in [-0.39, 0.29) is 5.91 Å². The zero-order valence-electron chi connectivity index (χ0n) is 11.8. The van der Waals surface area contributed by atoms with Crippen LogP contribution in [0, 0.1) is 11.3 Å². The summed E-state index contributed by atoms with van der Waals surface area (Å²) in [5.41, 5.74) is 5.27. The van der Waals surface area contributed by atoms with Gasteiger partial charge in [0.15, 0.2) is 0 Å². The van der Waals surface area contributed by atoms with Gasteiger partial charge >= 0.3 is 0 Å². The number of carbonyl (C=O) groups is 1. The predicted octanol–water partition coefficient (Wildman–Crippen LogP) is 2.48. The predicted molar refractivity (Wildman–Crippen MR) is 85.3 cm³/mol. The SMILES string of the molecule is CSC1CCCC(NC(=O)C2(C(N)=S)CC(C)C2)C1. The molecule has 2 fully saturated rings. The molecule has 108 valence electrons. The van der Waals surface area contributed by atoms with Gasteiger partial charge in [-0.2, -0.15) is 11.8 Å². The van der Waals surface area contributed by atoms with E-state index in [4.69, 9.17) is 18.0 Å². The average molecular weight is 300 g/mol. The summed E-state index contributed by atoms with van der Waals surface area (Å²) in [6.07, 6.45) is 8.41. The molecular formula is C14H24N2OS2. The van der Waals surface area contributed by atoms with Gasteiger partial charge in [-0.05, 0) is 44.3 Å². The van der Waals surface area contributed by atoms with Crippen molar-refractivity contribution in [3.05, 3.63) is 0 Å². The highest BCUT2D eigenvalue weighted by Crippen LogP contribution is 2.46. The fraction of sp³-hybridized carbons (Fsp3) is 0.857. The second-order valence-electron chi connectivity index (χ2n) is 6.15. The van der Waals surface area contributed by atoms with Crippen LogP contribution in [-0.2, 0) is 4.79 Å². The van der Waals surface area contributed by atoms with Crippen molar-refractivity contribution in [2.24, 2.45) is 17.1 Å². The van der Waals surface area contributed by atoms with Gasteiger partial charge in [-0.15, -0.1) is 0 Å². The maximum Gasteiger partial charge on any atom is 0.233 e. The molecular weight excluding hydrogens is 276 g/mol. The third-order valence-corrected chi connectivity index (χ3v) is 6.08. The van der Waals surface area contributed by atoms with Gasteiger partial charge in [-0.1, -0.05) is 25.6 Å². The van der Waals surface area contributed by atoms with Crippen LogP contribution in [0.25, 0.3) is 0 Å². The Morgan fingerprint density at radius 1 is 1.42 bits per heavy atom. The minimum Gasteiger partial charge on any atom is -0.392 e. The molecule has 0 aromatic rings. The number of carbonyl (C=O) groups excluding carboxylic acids is 1. The number of thiocarbonyl (C=S) groups is 1. The number of thioether (sulfide) groups is 1. The van der Waals surface area contributed by atoms with Crippen molar-refractivity contribution >= 4 is 34.9 Å². The standard InChI is InChI=1S/C14H24N2OS2/c1-9-7-14(8-9,12(15)18)13(17)16-10-4-3-5-11(6-10)19-2/h9-11H,3-8H2,1-2H3,(H2,15,18)(H,16,17). The fourth-order valence-corrected chi connectivity index (χ4v) is 4.53. The molecule has 0 radical (unpaired) electrons. The maximum atomic E-state index is 12.5. The van der Waals surface area contributed by atoms with Gasteiger partial charge in [-0.25, -0.2) is 0 Å². The Hall–Kier alpha value is -0.290. The van der Waals surface area contributed by atoms with E-state index in [1.54, 1.807) is 0 Å². The molecule has 0 spiro atoms. The van der Waals surface area contributed by atoms with Crippen LogP contribution in [0.2, 0.25) is 0 Å². The maximum absolute atomic E-state index is 12.5. The monoisotopic (exact) mass is 300 g/mol. The van der Waals surface area contributed by atoms with Gasteiger partial charge in [0.1, 0.15) is 0 Å². The van der Waals surface area contributed by atoms with Crippen molar-refractivity contribution in [3.63, 3.8) is 0 Å². The largest absolute Gasteiger partial charge is 0.392 e. The van der Waals surface area contributed by atoms with E-state index < -0.39 is 5.41 Å². The smallest absolute Gasteiger partial charge is 0.233 e. The lowest BCUT2D eigenvalue weighted by Crippen LogP contribution is -2.58. The summed E-state index contributed by atoms with van der Waals surface area (Å²) < 4.78 is 0. The zero-order valence-corrected chi connectivity index (χ0v) is 13.4. The summed E-state index contributed by atoms with van der Waals surface area (Å²) in [5, 5.41) is 3.89. The first-order chi connectivity index (χ1) is 8.98. The molecule has 2 atom stereocenters. The van der Waals surface area contributed by atoms with Crippen LogP contribution in [0.1, 0.15) is 45.4 Å². The number of rotatable bonds is 4. The van der Waals surface area contributed by atoms with Gasteiger partial charge in [0.2, 0.25) is 5.91 Å². The normalized spacial score (nSPS) is 38.3. The zero-order chi connectivity index (χ0) is 14.0. The molecule has 2 saturated carbocycles. The molecule has 0 saturated heterocycles. The summed E-state index contributed by atoms with van der Waals surface area (Å²) >= 11 is 7.05. The number of hydrogen-bond acceptors (Lipinski definition) is 3. The summed E-state index contributed by atoms with van der Waals surface area (Å²) in [7, 11) is 0. The second-order valence-corrected chi connectivity index (χ2v) is 7.73. The first-order valence-corrected chi connectivity index (χ1v) is 8.81. The van der Waals surface area contributed by atoms with Crippen LogP contribution >= 0.6 is 24.0 Å². The molecule has 0 aliphatic heterocycles. The lowest BCUT2D eigenvalue weighted by Gasteiger charge is -2.45. The summed E-state index contributed by atoms with van der Waals surface area (Å²) in [5.74, 6) is 0.627. The van der Waals surface area contributed by atoms with Crippen LogP contribution in [0.4, 0.5) is 0 Å². The topological polar surface area (TPSA) is 55.1 Å². The van der Waals surface area contributed by atoms with E-state index in [1.165, 1.54) is 12.8 Å². The molecule has 0 aromatic carbocycles. The molecule has 19 heavy (non-hydrogen) atoms. The van der Waals surface area contributed by atoms with Crippen molar-refractivity contribution < 1.29 is 4.79 Å². The molecule has 0 heterocycles. The first kappa shape index (κ1) is 15.1. The molecule has 2 rings (SSSR count). The average Bonchev–Trinajstić information content (AvgIpc) is 2.34. The third-order valence-electron chi connectivity index (χ3n) is 4.59. The molecule has 3 N–H and O–H groups in total. The van der Waals surface area contributed by atoms with Crippen LogP contribution in [0.3, 0.4) is 0 Å². The minimum atomic E-state index is -0.555. The number of nitrogens with one attached hydrogen (secondary N) is 1. The third kappa shape index (κ3) is 3.07. The van der Waals surface area contributed by atoms with Gasteiger partial charge in [0.25, 0.3) is 0 Å². The quantitative estimate of drug-likeness (QED) is 0.783. The molecule has 3 nitrogen and oxygen atoms in total. The van der Waals surface area contributed by atoms with Gasteiger partial charge < -0.3 is 11.1 Å². The van der Waals surface area contributed by atoms with Gasteiger partial charge in [-0.3, -0.25) is 4.79 Å². The highest BCUT2D eigenvalue weighted by molar-refractivity contribution is 7.99. The molecule has 2 aliphatic carbocycles. The summed E-state index contributed by atoms with van der Waals surface area (Å²) in [6, 6.07) is 0.306. The Balaban J connectivity index is 1.94. The summed E-state index contributed by atoms with van der Waals surface area (Å²) in [6.45, 7) is 2.15. The Labute approximate surface area is 125 Å². The first-order valence-electron chi connectivity index (χ1n) is 7.11. The van der Waals surface area contributed by atoms with E-state index in [9.17, 15) is 4.79 Å². The van der Waals surface area contributed by atoms with Crippen molar-refractivity contribution in [2.75, 3.05) is 6.26 Å². The van der Waals surface area contributed by atoms with E-state index in [1.807, 2.05) is 11.8 Å². The van der Waals surface area contributed by atoms with E-state index in [2.05, 4.69) is 18.5 Å². The number of nitrogens with two attached hydrogens (primary N) is 1. The Bertz CT molecular complexity index is 366. The molecule has 2 unspecified atom stereocenters. The van der Waals surface area contributed by atoms with Gasteiger partial charge in [0, 0.05) is 11.3 Å². The van der Waals surface area contributed by atoms with Crippen LogP contribution in [-0.4, -0.2) is 28.4 Å². The highest BCUT2D eigenvalue weighted by Gasteiger charge is 2.51. The fourth-order valence-electron chi connectivity index (χ4n) is 3.44. The van der Waals surface area contributed by atoms with E-state index in [0.29, 0.717) is 22.2 Å². The highest BCUT2D eigenvalue weighted by atomic mass is 32.2. The Morgan fingerprint density at radius 3 is 2.63 bits per heavy atom. The van der Waals surface area contributed by atoms with Crippen LogP contribution in [0.5, 0.6) is 0 Å². The summed E-state index contributed by atoms with van der Waals surface area (Å²) in [4.78, 5) is 12.9. The second kappa shape index (κ2) is 6.00. The number of hydrogen-bond donors (Lipinski definition) is 2. The molecule has 1 amide bonds. The minimum absolute atomic E-state index is 0.0739. The number of amides is 1. The Morgan fingerprint density at radius 2 is 2.11 bits per heavy atom. The molecule has 2 aliphatic rings. The van der Waals surface area contributed by atoms with E-state index >= 15 is 0 Å². The lowest BCUT2D eigenvalue weighted by atomic mass is 9.62. The lowest BCUT2D eigenvalue weighted by molar-refractivity contribution is -0.133. The molecule has 0 bridgehead atoms. The van der Waals surface area contributed by atoms with Crippen molar-refractivity contribution in [1.82, 2.24) is 5.32 Å². The van der Waals surface area contributed by atoms with Crippen molar-refractivity contribution in [1.29, 1.82) is 0 Å². The Kier molecular flexibility index (Phi) is 4.77. The molecule has 5 heteroatoms.